The number of pyridine rings is 1. The van der Waals surface area contributed by atoms with E-state index in [1.807, 2.05) is 38.4 Å². The molecular formula is C12H15N3O. The number of rotatable bonds is 3. The van der Waals surface area contributed by atoms with Gasteiger partial charge in [-0.25, -0.2) is 0 Å². The normalized spacial score (nSPS) is 10.7. The van der Waals surface area contributed by atoms with Crippen LogP contribution in [0, 0.1) is 13.8 Å². The Hall–Kier alpha value is -1.68. The van der Waals surface area contributed by atoms with Gasteiger partial charge in [-0.2, -0.15) is 5.10 Å². The Morgan fingerprint density at radius 2 is 1.88 bits per heavy atom. The minimum Gasteiger partial charge on any atom is -0.394 e. The first-order chi connectivity index (χ1) is 7.69. The highest BCUT2D eigenvalue weighted by Crippen LogP contribution is 2.19. The second kappa shape index (κ2) is 4.45. The Kier molecular flexibility index (Phi) is 3.01. The van der Waals surface area contributed by atoms with Gasteiger partial charge in [0.1, 0.15) is 0 Å². The van der Waals surface area contributed by atoms with E-state index >= 15 is 0 Å². The molecule has 0 aromatic carbocycles. The zero-order chi connectivity index (χ0) is 11.5. The van der Waals surface area contributed by atoms with Crippen LogP contribution in [0.2, 0.25) is 0 Å². The van der Waals surface area contributed by atoms with Crippen LogP contribution in [0.1, 0.15) is 11.4 Å². The van der Waals surface area contributed by atoms with Gasteiger partial charge < -0.3 is 5.11 Å². The zero-order valence-electron chi connectivity index (χ0n) is 9.51. The molecule has 4 nitrogen and oxygen atoms in total. The van der Waals surface area contributed by atoms with E-state index in [9.17, 15) is 0 Å². The number of hydrogen-bond donors (Lipinski definition) is 1. The van der Waals surface area contributed by atoms with Crippen molar-refractivity contribution in [3.05, 3.63) is 35.9 Å². The van der Waals surface area contributed by atoms with Gasteiger partial charge in [0.25, 0.3) is 0 Å². The highest BCUT2D eigenvalue weighted by atomic mass is 16.3. The molecule has 0 radical (unpaired) electrons. The van der Waals surface area contributed by atoms with Gasteiger partial charge in [-0.05, 0) is 31.5 Å². The first kappa shape index (κ1) is 10.8. The maximum Gasteiger partial charge on any atom is 0.0641 e. The summed E-state index contributed by atoms with van der Waals surface area (Å²) in [7, 11) is 0. The van der Waals surface area contributed by atoms with Crippen LogP contribution in [0.25, 0.3) is 11.1 Å². The molecule has 0 unspecified atom stereocenters. The molecule has 0 fully saturated rings. The first-order valence-corrected chi connectivity index (χ1v) is 5.28. The Balaban J connectivity index is 2.34. The number of aryl methyl sites for hydroxylation is 2. The second-order valence-corrected chi connectivity index (χ2v) is 3.85. The van der Waals surface area contributed by atoms with Gasteiger partial charge >= 0.3 is 0 Å². The lowest BCUT2D eigenvalue weighted by atomic mass is 10.1. The average Bonchev–Trinajstić information content (AvgIpc) is 2.65. The van der Waals surface area contributed by atoms with Crippen molar-refractivity contribution in [1.82, 2.24) is 14.8 Å². The monoisotopic (exact) mass is 217 g/mol. The summed E-state index contributed by atoms with van der Waals surface area (Å²) in [4.78, 5) is 4.34. The van der Waals surface area contributed by atoms with Crippen molar-refractivity contribution in [3.8, 4) is 11.1 Å². The molecule has 2 rings (SSSR count). The summed E-state index contributed by atoms with van der Waals surface area (Å²) in [5, 5.41) is 13.0. The minimum absolute atomic E-state index is 0.107. The summed E-state index contributed by atoms with van der Waals surface area (Å²) in [5.41, 5.74) is 4.19. The van der Waals surface area contributed by atoms with E-state index in [1.165, 1.54) is 0 Å². The van der Waals surface area contributed by atoms with Crippen molar-refractivity contribution >= 4 is 0 Å². The molecule has 0 saturated carbocycles. The molecule has 84 valence electrons. The number of aromatic nitrogens is 3. The van der Waals surface area contributed by atoms with E-state index < -0.39 is 0 Å². The number of nitrogens with zero attached hydrogens (tertiary/aromatic N) is 3. The number of aliphatic hydroxyl groups excluding tert-OH is 1. The summed E-state index contributed by atoms with van der Waals surface area (Å²) < 4.78 is 1.74. The lowest BCUT2D eigenvalue weighted by molar-refractivity contribution is 0.269. The quantitative estimate of drug-likeness (QED) is 0.848. The highest BCUT2D eigenvalue weighted by molar-refractivity contribution is 5.62. The van der Waals surface area contributed by atoms with Crippen LogP contribution in [0.5, 0.6) is 0 Å². The molecule has 2 heterocycles. The summed E-state index contributed by atoms with van der Waals surface area (Å²) in [6, 6.07) is 4.07. The van der Waals surface area contributed by atoms with E-state index in [2.05, 4.69) is 10.1 Å². The number of hydrogen-bond acceptors (Lipinski definition) is 3. The molecule has 0 atom stereocenters. The third-order valence-corrected chi connectivity index (χ3v) is 2.38. The molecule has 0 aliphatic heterocycles. The molecule has 0 aliphatic carbocycles. The predicted octanol–water partition coefficient (Wildman–Crippen LogP) is 1.55. The van der Waals surface area contributed by atoms with E-state index in [1.54, 1.807) is 4.68 Å². The van der Waals surface area contributed by atoms with Crippen LogP contribution >= 0.6 is 0 Å². The van der Waals surface area contributed by atoms with Crippen molar-refractivity contribution < 1.29 is 5.11 Å². The lowest BCUT2D eigenvalue weighted by Gasteiger charge is -2.01. The zero-order valence-corrected chi connectivity index (χ0v) is 9.51. The Bertz CT molecular complexity index is 471. The largest absolute Gasteiger partial charge is 0.394 e. The average molecular weight is 217 g/mol. The second-order valence-electron chi connectivity index (χ2n) is 3.85. The molecule has 0 spiro atoms. The summed E-state index contributed by atoms with van der Waals surface area (Å²) in [6.45, 7) is 4.60. The highest BCUT2D eigenvalue weighted by Gasteiger charge is 2.03. The topological polar surface area (TPSA) is 50.9 Å². The molecule has 2 aromatic heterocycles. The molecule has 1 N–H and O–H groups in total. The van der Waals surface area contributed by atoms with Crippen molar-refractivity contribution in [2.24, 2.45) is 0 Å². The lowest BCUT2D eigenvalue weighted by Crippen LogP contribution is -2.01. The van der Waals surface area contributed by atoms with Crippen LogP contribution in [-0.4, -0.2) is 26.5 Å². The standard InChI is InChI=1S/C12H15N3O/c1-9-5-11(6-10(2)14-9)12-7-13-15(8-12)3-4-16/h5-8,16H,3-4H2,1-2H3. The fourth-order valence-electron chi connectivity index (χ4n) is 1.74. The Morgan fingerprint density at radius 3 is 2.50 bits per heavy atom. The Morgan fingerprint density at radius 1 is 1.19 bits per heavy atom. The van der Waals surface area contributed by atoms with Gasteiger partial charge in [0.05, 0.1) is 19.3 Å². The molecule has 0 saturated heterocycles. The number of aliphatic hydroxyl groups is 1. The summed E-state index contributed by atoms with van der Waals surface area (Å²) in [5.74, 6) is 0. The molecular weight excluding hydrogens is 202 g/mol. The first-order valence-electron chi connectivity index (χ1n) is 5.28. The van der Waals surface area contributed by atoms with Crippen molar-refractivity contribution in [1.29, 1.82) is 0 Å². The third kappa shape index (κ3) is 2.28. The predicted molar refractivity (Wildman–Crippen MR) is 62.0 cm³/mol. The van der Waals surface area contributed by atoms with Gasteiger partial charge in [0, 0.05) is 23.1 Å². The van der Waals surface area contributed by atoms with Crippen LogP contribution < -0.4 is 0 Å². The van der Waals surface area contributed by atoms with Gasteiger partial charge in [-0.3, -0.25) is 9.67 Å². The maximum atomic E-state index is 8.82. The van der Waals surface area contributed by atoms with E-state index in [4.69, 9.17) is 5.11 Å². The van der Waals surface area contributed by atoms with E-state index in [-0.39, 0.29) is 6.61 Å². The van der Waals surface area contributed by atoms with Gasteiger partial charge in [-0.15, -0.1) is 0 Å². The molecule has 0 bridgehead atoms. The van der Waals surface area contributed by atoms with Crippen LogP contribution in [0.3, 0.4) is 0 Å². The van der Waals surface area contributed by atoms with Crippen LogP contribution in [-0.2, 0) is 6.54 Å². The van der Waals surface area contributed by atoms with Gasteiger partial charge in [0.15, 0.2) is 0 Å². The van der Waals surface area contributed by atoms with E-state index in [0.29, 0.717) is 6.54 Å². The molecule has 0 aliphatic rings. The SMILES string of the molecule is Cc1cc(-c2cnn(CCO)c2)cc(C)n1. The minimum atomic E-state index is 0.107. The van der Waals surface area contributed by atoms with Crippen molar-refractivity contribution in [3.63, 3.8) is 0 Å². The Labute approximate surface area is 94.6 Å². The smallest absolute Gasteiger partial charge is 0.0641 e. The molecule has 16 heavy (non-hydrogen) atoms. The maximum absolute atomic E-state index is 8.82. The van der Waals surface area contributed by atoms with Gasteiger partial charge in [0.2, 0.25) is 0 Å². The van der Waals surface area contributed by atoms with Crippen LogP contribution in [0.4, 0.5) is 0 Å². The molecule has 0 amide bonds. The van der Waals surface area contributed by atoms with Crippen molar-refractivity contribution in [2.45, 2.75) is 20.4 Å². The summed E-state index contributed by atoms with van der Waals surface area (Å²) >= 11 is 0. The fraction of sp³-hybridized carbons (Fsp3) is 0.333. The van der Waals surface area contributed by atoms with Crippen molar-refractivity contribution in [2.75, 3.05) is 6.61 Å². The summed E-state index contributed by atoms with van der Waals surface area (Å²) in [6.07, 6.45) is 3.74. The fourth-order valence-corrected chi connectivity index (χ4v) is 1.74. The van der Waals surface area contributed by atoms with Crippen LogP contribution in [0.15, 0.2) is 24.5 Å². The third-order valence-electron chi connectivity index (χ3n) is 2.38. The van der Waals surface area contributed by atoms with E-state index in [0.717, 1.165) is 22.5 Å². The molecule has 2 aromatic rings. The van der Waals surface area contributed by atoms with Gasteiger partial charge in [-0.1, -0.05) is 0 Å². The molecule has 4 heteroatoms.